The first-order chi connectivity index (χ1) is 11.0. The van der Waals surface area contributed by atoms with Crippen molar-refractivity contribution in [1.29, 1.82) is 0 Å². The van der Waals surface area contributed by atoms with E-state index in [4.69, 9.17) is 4.74 Å². The van der Waals surface area contributed by atoms with Gasteiger partial charge in [0.15, 0.2) is 6.61 Å². The molecule has 2 rings (SSSR count). The Hall–Kier alpha value is -2.40. The van der Waals surface area contributed by atoms with Crippen molar-refractivity contribution in [3.63, 3.8) is 0 Å². The van der Waals surface area contributed by atoms with E-state index in [1.54, 1.807) is 12.1 Å². The van der Waals surface area contributed by atoms with Crippen LogP contribution in [0.25, 0.3) is 0 Å². The van der Waals surface area contributed by atoms with Gasteiger partial charge in [-0.05, 0) is 17.7 Å². The number of rotatable bonds is 7. The van der Waals surface area contributed by atoms with Crippen LogP contribution in [0.2, 0.25) is 0 Å². The van der Waals surface area contributed by atoms with E-state index in [0.717, 1.165) is 12.1 Å². The molecule has 2 aromatic rings. The molecule has 0 atom stereocenters. The lowest BCUT2D eigenvalue weighted by atomic mass is 10.1. The third-order valence-electron chi connectivity index (χ3n) is 3.24. The highest BCUT2D eigenvalue weighted by atomic mass is 19.1. The number of halogens is 1. The first kappa shape index (κ1) is 17.0. The van der Waals surface area contributed by atoms with Gasteiger partial charge in [0.25, 0.3) is 5.91 Å². The smallest absolute Gasteiger partial charge is 0.258 e. The predicted molar refractivity (Wildman–Crippen MR) is 86.7 cm³/mol. The van der Waals surface area contributed by atoms with Crippen molar-refractivity contribution in [1.82, 2.24) is 5.32 Å². The average Bonchev–Trinajstić information content (AvgIpc) is 2.52. The van der Waals surface area contributed by atoms with Gasteiger partial charge in [-0.25, -0.2) is 4.39 Å². The molecular formula is C18H22FN2O2+. The zero-order valence-corrected chi connectivity index (χ0v) is 13.4. The van der Waals surface area contributed by atoms with Crippen molar-refractivity contribution in [2.24, 2.45) is 0 Å². The first-order valence-electron chi connectivity index (χ1n) is 7.55. The summed E-state index contributed by atoms with van der Waals surface area (Å²) in [5.41, 5.74) is 2.29. The molecule has 0 aliphatic heterocycles. The van der Waals surface area contributed by atoms with E-state index in [1.165, 1.54) is 22.6 Å². The summed E-state index contributed by atoms with van der Waals surface area (Å²) in [4.78, 5) is 13.1. The molecule has 0 saturated carbocycles. The number of hydrogen-bond donors (Lipinski definition) is 2. The molecule has 4 nitrogen and oxygen atoms in total. The number of carbonyl (C=O) groups excluding carboxylic acids is 1. The fourth-order valence-electron chi connectivity index (χ4n) is 2.14. The van der Waals surface area contributed by atoms with Crippen molar-refractivity contribution in [2.45, 2.75) is 13.1 Å². The standard InChI is InChI=1S/C18H21FN2O2/c1-21(2)12-15-8-6-14(7-9-15)11-20-18(22)13-23-17-5-3-4-16(19)10-17/h3-10H,11-13H2,1-2H3,(H,20,22)/p+1. The minimum atomic E-state index is -0.387. The Balaban J connectivity index is 1.75. The van der Waals surface area contributed by atoms with Gasteiger partial charge in [0, 0.05) is 18.2 Å². The molecule has 0 unspecified atom stereocenters. The van der Waals surface area contributed by atoms with Gasteiger partial charge in [0.05, 0.1) is 14.1 Å². The van der Waals surface area contributed by atoms with Crippen LogP contribution in [0.15, 0.2) is 48.5 Å². The fourth-order valence-corrected chi connectivity index (χ4v) is 2.14. The average molecular weight is 317 g/mol. The Morgan fingerprint density at radius 2 is 1.83 bits per heavy atom. The van der Waals surface area contributed by atoms with Crippen molar-refractivity contribution in [2.75, 3.05) is 20.7 Å². The Kier molecular flexibility index (Phi) is 6.11. The highest BCUT2D eigenvalue weighted by molar-refractivity contribution is 5.77. The molecule has 0 fully saturated rings. The number of benzene rings is 2. The van der Waals surface area contributed by atoms with Crippen LogP contribution in [0.4, 0.5) is 4.39 Å². The van der Waals surface area contributed by atoms with Crippen LogP contribution in [0.3, 0.4) is 0 Å². The van der Waals surface area contributed by atoms with E-state index >= 15 is 0 Å². The number of carbonyl (C=O) groups is 1. The summed E-state index contributed by atoms with van der Waals surface area (Å²) in [7, 11) is 4.21. The number of amides is 1. The second kappa shape index (κ2) is 8.29. The Morgan fingerprint density at radius 3 is 2.48 bits per heavy atom. The Bertz CT molecular complexity index is 642. The maximum atomic E-state index is 13.0. The summed E-state index contributed by atoms with van der Waals surface area (Å²) in [5.74, 6) is -0.283. The summed E-state index contributed by atoms with van der Waals surface area (Å²) in [6, 6.07) is 13.9. The van der Waals surface area contributed by atoms with Crippen LogP contribution in [0.5, 0.6) is 5.75 Å². The minimum absolute atomic E-state index is 0.133. The van der Waals surface area contributed by atoms with Gasteiger partial charge in [0.2, 0.25) is 0 Å². The predicted octanol–water partition coefficient (Wildman–Crippen LogP) is 1.17. The summed E-state index contributed by atoms with van der Waals surface area (Å²) >= 11 is 0. The van der Waals surface area contributed by atoms with Gasteiger partial charge < -0.3 is 15.0 Å². The van der Waals surface area contributed by atoms with E-state index in [0.29, 0.717) is 12.3 Å². The fraction of sp³-hybridized carbons (Fsp3) is 0.278. The monoisotopic (exact) mass is 317 g/mol. The van der Waals surface area contributed by atoms with Gasteiger partial charge in [-0.1, -0.05) is 30.3 Å². The van der Waals surface area contributed by atoms with E-state index in [9.17, 15) is 9.18 Å². The molecular weight excluding hydrogens is 295 g/mol. The molecule has 0 aromatic heterocycles. The Labute approximate surface area is 135 Å². The number of nitrogens with one attached hydrogen (secondary N) is 2. The van der Waals surface area contributed by atoms with Crippen LogP contribution in [-0.4, -0.2) is 26.6 Å². The van der Waals surface area contributed by atoms with E-state index in [-0.39, 0.29) is 18.3 Å². The SMILES string of the molecule is C[NH+](C)Cc1ccc(CNC(=O)COc2cccc(F)c2)cc1. The third kappa shape index (κ3) is 6.08. The number of quaternary nitrogens is 1. The van der Waals surface area contributed by atoms with Crippen LogP contribution in [0, 0.1) is 5.82 Å². The van der Waals surface area contributed by atoms with Crippen LogP contribution in [-0.2, 0) is 17.9 Å². The highest BCUT2D eigenvalue weighted by Crippen LogP contribution is 2.11. The van der Waals surface area contributed by atoms with Crippen molar-refractivity contribution in [3.8, 4) is 5.75 Å². The van der Waals surface area contributed by atoms with Gasteiger partial charge >= 0.3 is 0 Å². The molecule has 0 heterocycles. The van der Waals surface area contributed by atoms with Gasteiger partial charge in [0.1, 0.15) is 18.1 Å². The molecule has 5 heteroatoms. The Morgan fingerprint density at radius 1 is 1.13 bits per heavy atom. The van der Waals surface area contributed by atoms with Gasteiger partial charge in [-0.15, -0.1) is 0 Å². The molecule has 0 aliphatic carbocycles. The molecule has 0 spiro atoms. The quantitative estimate of drug-likeness (QED) is 0.805. The number of ether oxygens (including phenoxy) is 1. The molecule has 0 aliphatic rings. The van der Waals surface area contributed by atoms with E-state index in [2.05, 4.69) is 31.5 Å². The molecule has 0 radical (unpaired) electrons. The maximum absolute atomic E-state index is 13.0. The van der Waals surface area contributed by atoms with E-state index < -0.39 is 0 Å². The lowest BCUT2D eigenvalue weighted by Crippen LogP contribution is -3.04. The van der Waals surface area contributed by atoms with Crippen LogP contribution in [0.1, 0.15) is 11.1 Å². The molecule has 23 heavy (non-hydrogen) atoms. The zero-order chi connectivity index (χ0) is 16.7. The molecule has 2 aromatic carbocycles. The minimum Gasteiger partial charge on any atom is -0.484 e. The van der Waals surface area contributed by atoms with Gasteiger partial charge in [-0.2, -0.15) is 0 Å². The summed E-state index contributed by atoms with van der Waals surface area (Å²) in [6.07, 6.45) is 0. The highest BCUT2D eigenvalue weighted by Gasteiger charge is 2.04. The third-order valence-corrected chi connectivity index (χ3v) is 3.24. The topological polar surface area (TPSA) is 42.8 Å². The van der Waals surface area contributed by atoms with Crippen LogP contribution < -0.4 is 15.0 Å². The normalized spacial score (nSPS) is 10.6. The zero-order valence-electron chi connectivity index (χ0n) is 13.4. The second-order valence-corrected chi connectivity index (χ2v) is 5.72. The number of hydrogen-bond acceptors (Lipinski definition) is 2. The molecule has 122 valence electrons. The molecule has 0 saturated heterocycles. The summed E-state index contributed by atoms with van der Waals surface area (Å²) < 4.78 is 18.2. The molecule has 2 N–H and O–H groups in total. The molecule has 0 bridgehead atoms. The second-order valence-electron chi connectivity index (χ2n) is 5.72. The van der Waals surface area contributed by atoms with E-state index in [1.807, 2.05) is 12.1 Å². The van der Waals surface area contributed by atoms with Crippen molar-refractivity contribution < 1.29 is 18.8 Å². The molecule has 1 amide bonds. The summed E-state index contributed by atoms with van der Waals surface area (Å²) in [5, 5.41) is 2.78. The largest absolute Gasteiger partial charge is 0.484 e. The van der Waals surface area contributed by atoms with Crippen molar-refractivity contribution in [3.05, 3.63) is 65.5 Å². The lowest BCUT2D eigenvalue weighted by molar-refractivity contribution is -0.872. The van der Waals surface area contributed by atoms with Gasteiger partial charge in [-0.3, -0.25) is 4.79 Å². The summed E-state index contributed by atoms with van der Waals surface area (Å²) in [6.45, 7) is 1.28. The van der Waals surface area contributed by atoms with Crippen LogP contribution >= 0.6 is 0 Å². The first-order valence-corrected chi connectivity index (χ1v) is 7.55. The maximum Gasteiger partial charge on any atom is 0.258 e. The van der Waals surface area contributed by atoms with Crippen molar-refractivity contribution >= 4 is 5.91 Å². The lowest BCUT2D eigenvalue weighted by Gasteiger charge is -2.09.